The number of anilines is 3. The summed E-state index contributed by atoms with van der Waals surface area (Å²) >= 11 is 0. The summed E-state index contributed by atoms with van der Waals surface area (Å²) < 4.78 is 18.5. The summed E-state index contributed by atoms with van der Waals surface area (Å²) in [5.74, 6) is 0. The molecule has 0 saturated heterocycles. The van der Waals surface area contributed by atoms with Crippen LogP contribution in [0.25, 0.3) is 154 Å². The summed E-state index contributed by atoms with van der Waals surface area (Å²) in [6.45, 7) is 0. The topological polar surface area (TPSA) is 39.4 Å². The number of fused-ring (bicyclic) bond motifs is 14. The van der Waals surface area contributed by atoms with E-state index in [9.17, 15) is 0 Å². The third kappa shape index (κ3) is 7.30. The first-order valence-corrected chi connectivity index (χ1v) is 29.0. The van der Waals surface area contributed by atoms with Crippen LogP contribution in [0, 0.1) is 0 Å². The lowest BCUT2D eigenvalue weighted by atomic mass is 9.92. The van der Waals surface area contributed by atoms with Crippen LogP contribution in [0.5, 0.6) is 0 Å². The normalized spacial score (nSPS) is 12.0. The maximum Gasteiger partial charge on any atom is 0.159 e. The molecule has 4 heterocycles. The van der Waals surface area contributed by atoms with Gasteiger partial charge in [0, 0.05) is 59.5 Å². The highest BCUT2D eigenvalue weighted by Crippen LogP contribution is 2.48. The number of aromatic nitrogens is 2. The monoisotopic (exact) mass is 1080 g/mol. The third-order valence-corrected chi connectivity index (χ3v) is 17.7. The summed E-state index contributed by atoms with van der Waals surface area (Å²) in [7, 11) is 0. The van der Waals surface area contributed by atoms with Crippen molar-refractivity contribution < 1.29 is 8.83 Å². The molecule has 0 spiro atoms. The van der Waals surface area contributed by atoms with E-state index in [1.807, 2.05) is 24.3 Å². The van der Waals surface area contributed by atoms with Gasteiger partial charge in [0.2, 0.25) is 0 Å². The Morgan fingerprint density at radius 1 is 0.235 bits per heavy atom. The molecule has 0 bridgehead atoms. The van der Waals surface area contributed by atoms with Crippen LogP contribution >= 0.6 is 0 Å². The van der Waals surface area contributed by atoms with Gasteiger partial charge in [0.25, 0.3) is 0 Å². The molecule has 5 heteroatoms. The molecular formula is C80H49N3O2. The van der Waals surface area contributed by atoms with Gasteiger partial charge in [-0.25, -0.2) is 0 Å². The van der Waals surface area contributed by atoms with Crippen molar-refractivity contribution in [3.8, 4) is 44.8 Å². The van der Waals surface area contributed by atoms with Crippen molar-refractivity contribution in [2.75, 3.05) is 4.90 Å². The molecule has 396 valence electrons. The van der Waals surface area contributed by atoms with E-state index in [2.05, 4.69) is 287 Å². The van der Waals surface area contributed by atoms with Crippen molar-refractivity contribution in [3.05, 3.63) is 297 Å². The van der Waals surface area contributed by atoms with Crippen LogP contribution in [-0.2, 0) is 0 Å². The van der Waals surface area contributed by atoms with Gasteiger partial charge >= 0.3 is 0 Å². The molecule has 0 N–H and O–H groups in total. The van der Waals surface area contributed by atoms with Crippen molar-refractivity contribution in [2.24, 2.45) is 0 Å². The SMILES string of the molecule is c1ccc2c(-n3c4ccccc4c4cc(-c5cc(-c6ccc(N(c7cccc8c7oc7ccccc78)c7cccc8c7oc7ccccc78)cc6)cc(-c6ccc7c(c6)c6ccccc6n7-c6cccc7ccccc67)c5)ccc43)cccc2c1. The van der Waals surface area contributed by atoms with Crippen molar-refractivity contribution in [1.82, 2.24) is 9.13 Å². The largest absolute Gasteiger partial charge is 0.454 e. The van der Waals surface area contributed by atoms with Gasteiger partial charge in [0.15, 0.2) is 11.2 Å². The molecule has 0 unspecified atom stereocenters. The fourth-order valence-corrected chi connectivity index (χ4v) is 13.8. The average Bonchev–Trinajstić information content (AvgIpc) is 2.99. The van der Waals surface area contributed by atoms with Gasteiger partial charge in [-0.2, -0.15) is 0 Å². The molecule has 0 radical (unpaired) electrons. The molecule has 18 rings (SSSR count). The van der Waals surface area contributed by atoms with Gasteiger partial charge in [-0.3, -0.25) is 0 Å². The van der Waals surface area contributed by atoms with Crippen molar-refractivity contribution in [2.45, 2.75) is 0 Å². The number of furan rings is 2. The van der Waals surface area contributed by atoms with Crippen LogP contribution in [0.3, 0.4) is 0 Å². The predicted molar refractivity (Wildman–Crippen MR) is 356 cm³/mol. The lowest BCUT2D eigenvalue weighted by molar-refractivity contribution is 0.666. The Morgan fingerprint density at radius 3 is 1.09 bits per heavy atom. The Bertz CT molecular complexity index is 5420. The molecule has 5 nitrogen and oxygen atoms in total. The van der Waals surface area contributed by atoms with Crippen molar-refractivity contribution in [1.29, 1.82) is 0 Å². The number of para-hydroxylation sites is 6. The number of nitrogens with zero attached hydrogens (tertiary/aromatic N) is 3. The van der Waals surface area contributed by atoms with Crippen LogP contribution in [0.4, 0.5) is 17.1 Å². The molecule has 0 aliphatic heterocycles. The van der Waals surface area contributed by atoms with Crippen molar-refractivity contribution >= 4 is 126 Å². The highest BCUT2D eigenvalue weighted by atomic mass is 16.3. The van der Waals surface area contributed by atoms with Crippen LogP contribution in [-0.4, -0.2) is 9.13 Å². The minimum atomic E-state index is 0.813. The van der Waals surface area contributed by atoms with Gasteiger partial charge in [-0.1, -0.05) is 194 Å². The van der Waals surface area contributed by atoms with E-state index >= 15 is 0 Å². The zero-order chi connectivity index (χ0) is 55.7. The fraction of sp³-hybridized carbons (Fsp3) is 0. The van der Waals surface area contributed by atoms with E-state index in [4.69, 9.17) is 8.83 Å². The van der Waals surface area contributed by atoms with E-state index in [0.717, 1.165) is 94.3 Å². The Hall–Kier alpha value is -11.4. The Balaban J connectivity index is 0.834. The molecule has 18 aromatic rings. The molecule has 0 amide bonds. The maximum absolute atomic E-state index is 6.79. The van der Waals surface area contributed by atoms with E-state index in [0.29, 0.717) is 0 Å². The summed E-state index contributed by atoms with van der Waals surface area (Å²) in [6.07, 6.45) is 0. The summed E-state index contributed by atoms with van der Waals surface area (Å²) in [6, 6.07) is 108. The third-order valence-electron chi connectivity index (χ3n) is 17.7. The lowest BCUT2D eigenvalue weighted by Gasteiger charge is -2.26. The smallest absolute Gasteiger partial charge is 0.159 e. The van der Waals surface area contributed by atoms with Gasteiger partial charge in [0.1, 0.15) is 11.2 Å². The molecule has 14 aromatic carbocycles. The molecular weight excluding hydrogens is 1030 g/mol. The molecule has 0 saturated carbocycles. The van der Waals surface area contributed by atoms with E-state index < -0.39 is 0 Å². The van der Waals surface area contributed by atoms with Gasteiger partial charge in [-0.15, -0.1) is 0 Å². The molecule has 0 aliphatic rings. The van der Waals surface area contributed by atoms with Gasteiger partial charge < -0.3 is 22.9 Å². The minimum absolute atomic E-state index is 0.813. The molecule has 0 aliphatic carbocycles. The van der Waals surface area contributed by atoms with Gasteiger partial charge in [0.05, 0.1) is 44.8 Å². The maximum atomic E-state index is 6.79. The van der Waals surface area contributed by atoms with E-state index in [1.54, 1.807) is 0 Å². The minimum Gasteiger partial charge on any atom is -0.454 e. The second-order valence-electron chi connectivity index (χ2n) is 22.4. The zero-order valence-corrected chi connectivity index (χ0v) is 45.9. The Labute approximate surface area is 488 Å². The molecule has 0 fully saturated rings. The lowest BCUT2D eigenvalue weighted by Crippen LogP contribution is -2.10. The zero-order valence-electron chi connectivity index (χ0n) is 45.9. The quantitative estimate of drug-likeness (QED) is 0.152. The van der Waals surface area contributed by atoms with Crippen LogP contribution in [0.2, 0.25) is 0 Å². The number of rotatable bonds is 8. The predicted octanol–water partition coefficient (Wildman–Crippen LogP) is 22.5. The molecule has 4 aromatic heterocycles. The summed E-state index contributed by atoms with van der Waals surface area (Å²) in [5.41, 5.74) is 19.9. The second-order valence-corrected chi connectivity index (χ2v) is 22.4. The number of benzene rings is 14. The first-order chi connectivity index (χ1) is 42.1. The van der Waals surface area contributed by atoms with Gasteiger partial charge in [-0.05, 0) is 147 Å². The number of hydrogen-bond donors (Lipinski definition) is 0. The fourth-order valence-electron chi connectivity index (χ4n) is 13.8. The molecule has 0 atom stereocenters. The van der Waals surface area contributed by atoms with E-state index in [1.165, 1.54) is 76.5 Å². The van der Waals surface area contributed by atoms with Crippen LogP contribution in [0.15, 0.2) is 306 Å². The highest BCUT2D eigenvalue weighted by molar-refractivity contribution is 6.16. The van der Waals surface area contributed by atoms with Crippen LogP contribution in [0.1, 0.15) is 0 Å². The van der Waals surface area contributed by atoms with Crippen molar-refractivity contribution in [3.63, 3.8) is 0 Å². The van der Waals surface area contributed by atoms with Crippen LogP contribution < -0.4 is 4.90 Å². The number of hydrogen-bond acceptors (Lipinski definition) is 3. The Kier molecular flexibility index (Phi) is 10.3. The first-order valence-electron chi connectivity index (χ1n) is 29.0. The second kappa shape index (κ2) is 18.6. The average molecular weight is 1080 g/mol. The summed E-state index contributed by atoms with van der Waals surface area (Å²) in [5, 5.41) is 14.0. The van der Waals surface area contributed by atoms with E-state index in [-0.39, 0.29) is 0 Å². The summed E-state index contributed by atoms with van der Waals surface area (Å²) in [4.78, 5) is 2.30. The highest BCUT2D eigenvalue weighted by Gasteiger charge is 2.25. The standard InChI is InChI=1S/C80H49N3O2/c1-3-21-59-51(17-1)19-13-31-69(59)82-71-29-9-5-23-61(71)67-48-53(39-43-73(67)82)56-45-55(46-57(47-56)54-40-44-74-68(49-54)62-24-6-10-30-72(62)83(74)70-32-14-20-52-18-2-4-22-60(52)70)50-37-41-58(42-38-50)81(75-33-15-27-65-63-25-7-11-35-77(63)84-79(65)75)76-34-16-28-66-64-26-8-12-36-78(64)85-80(66)76/h1-49H. The Morgan fingerprint density at radius 2 is 0.600 bits per heavy atom. The molecule has 85 heavy (non-hydrogen) atoms. The first kappa shape index (κ1) is 47.3.